The van der Waals surface area contributed by atoms with Crippen molar-refractivity contribution in [1.82, 2.24) is 4.57 Å². The van der Waals surface area contributed by atoms with E-state index in [2.05, 4.69) is 5.32 Å². The fourth-order valence-electron chi connectivity index (χ4n) is 3.85. The number of para-hydroxylation sites is 3. The van der Waals surface area contributed by atoms with Gasteiger partial charge in [-0.25, -0.2) is 0 Å². The van der Waals surface area contributed by atoms with Gasteiger partial charge in [-0.1, -0.05) is 43.3 Å². The van der Waals surface area contributed by atoms with Crippen molar-refractivity contribution in [2.24, 2.45) is 0 Å². The van der Waals surface area contributed by atoms with E-state index in [1.54, 1.807) is 73.8 Å². The first kappa shape index (κ1) is 27.2. The lowest BCUT2D eigenvalue weighted by Crippen LogP contribution is -2.32. The fourth-order valence-corrected chi connectivity index (χ4v) is 4.95. The molecule has 0 unspecified atom stereocenters. The van der Waals surface area contributed by atoms with Crippen LogP contribution in [0.4, 0.5) is 5.69 Å². The summed E-state index contributed by atoms with van der Waals surface area (Å²) in [5, 5.41) is 12.8. The monoisotopic (exact) mass is 541 g/mol. The highest BCUT2D eigenvalue weighted by Gasteiger charge is 2.18. The maximum absolute atomic E-state index is 13.7. The standard InChI is InChI=1S/C30H27N3O5S/c1-4-16-38-25-15-14-20(17-26(25)37-3)18-27-29(35)33(21-10-6-5-7-11-21)30(39-27)22(19-31)28(34)32-23-12-8-9-13-24(23)36-2/h5-15,17-18H,4,16H2,1-3H3,(H,32,34). The average molecular weight is 542 g/mol. The number of amides is 1. The summed E-state index contributed by atoms with van der Waals surface area (Å²) in [6, 6.07) is 23.2. The summed E-state index contributed by atoms with van der Waals surface area (Å²) in [5.41, 5.74) is 1.09. The van der Waals surface area contributed by atoms with E-state index in [9.17, 15) is 14.9 Å². The number of nitrogens with one attached hydrogen (secondary N) is 1. The number of methoxy groups -OCH3 is 2. The predicted octanol–water partition coefficient (Wildman–Crippen LogP) is 3.85. The summed E-state index contributed by atoms with van der Waals surface area (Å²) in [6.45, 7) is 2.57. The van der Waals surface area contributed by atoms with Crippen molar-refractivity contribution in [3.63, 3.8) is 0 Å². The normalized spacial score (nSPS) is 11.9. The Kier molecular flexibility index (Phi) is 8.82. The Hall–Kier alpha value is -4.81. The highest BCUT2D eigenvalue weighted by molar-refractivity contribution is 7.07. The third-order valence-electron chi connectivity index (χ3n) is 5.69. The molecule has 0 bridgehead atoms. The van der Waals surface area contributed by atoms with Crippen molar-refractivity contribution < 1.29 is 19.0 Å². The molecule has 0 aliphatic carbocycles. The van der Waals surface area contributed by atoms with Crippen LogP contribution in [0.2, 0.25) is 0 Å². The topological polar surface area (TPSA) is 103 Å². The molecule has 0 radical (unpaired) electrons. The Morgan fingerprint density at radius 2 is 1.72 bits per heavy atom. The van der Waals surface area contributed by atoms with Crippen LogP contribution in [0.25, 0.3) is 17.3 Å². The summed E-state index contributed by atoms with van der Waals surface area (Å²) in [6.07, 6.45) is 2.56. The second-order valence-electron chi connectivity index (χ2n) is 8.29. The van der Waals surface area contributed by atoms with Crippen LogP contribution in [0, 0.1) is 11.3 Å². The molecule has 0 spiro atoms. The highest BCUT2D eigenvalue weighted by Crippen LogP contribution is 2.28. The maximum atomic E-state index is 13.7. The first-order chi connectivity index (χ1) is 19.0. The number of ether oxygens (including phenoxy) is 3. The number of thiazole rings is 1. The zero-order chi connectivity index (χ0) is 27.8. The average Bonchev–Trinajstić information content (AvgIpc) is 3.28. The molecule has 39 heavy (non-hydrogen) atoms. The molecule has 0 saturated heterocycles. The number of carbonyl (C=O) groups is 1. The molecule has 0 atom stereocenters. The van der Waals surface area contributed by atoms with Gasteiger partial charge in [0.2, 0.25) is 0 Å². The summed E-state index contributed by atoms with van der Waals surface area (Å²) in [5.74, 6) is 0.943. The number of carbonyl (C=O) groups excluding carboxylic acids is 1. The molecule has 0 aliphatic heterocycles. The summed E-state index contributed by atoms with van der Waals surface area (Å²) in [7, 11) is 3.05. The third-order valence-corrected chi connectivity index (χ3v) is 6.79. The molecule has 3 aromatic carbocycles. The Bertz CT molecular complexity index is 1700. The molecule has 4 rings (SSSR count). The van der Waals surface area contributed by atoms with E-state index in [0.717, 1.165) is 17.8 Å². The highest BCUT2D eigenvalue weighted by atomic mass is 32.1. The number of benzene rings is 3. The summed E-state index contributed by atoms with van der Waals surface area (Å²) in [4.78, 5) is 27.0. The van der Waals surface area contributed by atoms with Crippen molar-refractivity contribution in [2.75, 3.05) is 26.1 Å². The van der Waals surface area contributed by atoms with Gasteiger partial charge in [0.25, 0.3) is 11.5 Å². The van der Waals surface area contributed by atoms with Gasteiger partial charge in [-0.15, -0.1) is 11.3 Å². The SMILES string of the molecule is CCCOc1ccc(C=c2sc(=C(C#N)C(=O)Nc3ccccc3OC)n(-c3ccccc3)c2=O)cc1OC. The van der Waals surface area contributed by atoms with Crippen molar-refractivity contribution >= 4 is 34.6 Å². The second kappa shape index (κ2) is 12.6. The van der Waals surface area contributed by atoms with Crippen LogP contribution in [0.5, 0.6) is 17.2 Å². The Labute approximate surface area is 229 Å². The molecule has 1 heterocycles. The smallest absolute Gasteiger partial charge is 0.273 e. The lowest BCUT2D eigenvalue weighted by molar-refractivity contribution is -0.111. The maximum Gasteiger partial charge on any atom is 0.273 e. The molecule has 9 heteroatoms. The number of nitriles is 1. The number of rotatable bonds is 9. The zero-order valence-corrected chi connectivity index (χ0v) is 22.6. The number of anilines is 1. The van der Waals surface area contributed by atoms with Gasteiger partial charge in [-0.05, 0) is 54.5 Å². The minimum absolute atomic E-state index is 0.201. The van der Waals surface area contributed by atoms with E-state index in [4.69, 9.17) is 14.2 Å². The van der Waals surface area contributed by atoms with E-state index in [-0.39, 0.29) is 15.8 Å². The largest absolute Gasteiger partial charge is 0.495 e. The van der Waals surface area contributed by atoms with Gasteiger partial charge in [0.05, 0.1) is 36.7 Å². The lowest BCUT2D eigenvalue weighted by Gasteiger charge is -2.10. The van der Waals surface area contributed by atoms with Crippen LogP contribution < -0.4 is 34.3 Å². The van der Waals surface area contributed by atoms with Gasteiger partial charge >= 0.3 is 0 Å². The fraction of sp³-hybridized carbons (Fsp3) is 0.167. The van der Waals surface area contributed by atoms with Gasteiger partial charge in [0.1, 0.15) is 16.5 Å². The van der Waals surface area contributed by atoms with Crippen molar-refractivity contribution in [2.45, 2.75) is 13.3 Å². The van der Waals surface area contributed by atoms with Crippen LogP contribution in [0.1, 0.15) is 18.9 Å². The Balaban J connectivity index is 1.90. The van der Waals surface area contributed by atoms with Crippen molar-refractivity contribution in [1.29, 1.82) is 5.26 Å². The van der Waals surface area contributed by atoms with E-state index in [0.29, 0.717) is 45.3 Å². The number of hydrogen-bond acceptors (Lipinski definition) is 7. The van der Waals surface area contributed by atoms with Crippen LogP contribution in [0.3, 0.4) is 0 Å². The zero-order valence-electron chi connectivity index (χ0n) is 21.8. The molecule has 8 nitrogen and oxygen atoms in total. The number of aromatic nitrogens is 1. The molecule has 1 aromatic heterocycles. The molecule has 198 valence electrons. The Morgan fingerprint density at radius 3 is 2.41 bits per heavy atom. The quantitative estimate of drug-likeness (QED) is 0.345. The van der Waals surface area contributed by atoms with Crippen molar-refractivity contribution in [3.05, 3.63) is 97.9 Å². The molecule has 0 fully saturated rings. The van der Waals surface area contributed by atoms with Crippen LogP contribution in [-0.4, -0.2) is 31.3 Å². The van der Waals surface area contributed by atoms with Gasteiger partial charge < -0.3 is 19.5 Å². The third kappa shape index (κ3) is 6.03. The van der Waals surface area contributed by atoms with Crippen LogP contribution in [-0.2, 0) is 4.79 Å². The van der Waals surface area contributed by atoms with Gasteiger partial charge in [0, 0.05) is 0 Å². The van der Waals surface area contributed by atoms with E-state index in [1.807, 2.05) is 25.1 Å². The van der Waals surface area contributed by atoms with Gasteiger partial charge in [0.15, 0.2) is 17.1 Å². The minimum atomic E-state index is -0.654. The van der Waals surface area contributed by atoms with Crippen LogP contribution >= 0.6 is 11.3 Å². The molecule has 1 N–H and O–H groups in total. The van der Waals surface area contributed by atoms with E-state index in [1.165, 1.54) is 11.7 Å². The number of nitrogens with zero attached hydrogens (tertiary/aromatic N) is 2. The summed E-state index contributed by atoms with van der Waals surface area (Å²) >= 11 is 1.06. The van der Waals surface area contributed by atoms with E-state index >= 15 is 0 Å². The summed E-state index contributed by atoms with van der Waals surface area (Å²) < 4.78 is 18.5. The molecule has 0 saturated carbocycles. The van der Waals surface area contributed by atoms with Gasteiger partial charge in [-0.2, -0.15) is 5.26 Å². The van der Waals surface area contributed by atoms with Crippen LogP contribution in [0.15, 0.2) is 77.6 Å². The molecular weight excluding hydrogens is 514 g/mol. The minimum Gasteiger partial charge on any atom is -0.495 e. The second-order valence-corrected chi connectivity index (χ2v) is 9.32. The first-order valence-electron chi connectivity index (χ1n) is 12.2. The predicted molar refractivity (Wildman–Crippen MR) is 152 cm³/mol. The molecular formula is C30H27N3O5S. The number of hydrogen-bond donors (Lipinski definition) is 1. The molecule has 0 aliphatic rings. The first-order valence-corrected chi connectivity index (χ1v) is 13.0. The Morgan fingerprint density at radius 1 is 1.00 bits per heavy atom. The van der Waals surface area contributed by atoms with Crippen molar-refractivity contribution in [3.8, 4) is 29.0 Å². The lowest BCUT2D eigenvalue weighted by atomic mass is 10.2. The molecule has 4 aromatic rings. The van der Waals surface area contributed by atoms with Gasteiger partial charge in [-0.3, -0.25) is 14.2 Å². The van der Waals surface area contributed by atoms with E-state index < -0.39 is 5.91 Å². The molecule has 1 amide bonds.